The van der Waals surface area contributed by atoms with E-state index < -0.39 is 52.0 Å². The summed E-state index contributed by atoms with van der Waals surface area (Å²) in [5, 5.41) is 1.81. The smallest absolute Gasteiger partial charge is 0.339 e. The van der Waals surface area contributed by atoms with Crippen LogP contribution in [0.4, 0.5) is 0 Å². The molecule has 1 saturated heterocycles. The Hall–Kier alpha value is -3.06. The van der Waals surface area contributed by atoms with Gasteiger partial charge < -0.3 is 4.18 Å². The van der Waals surface area contributed by atoms with Crippen LogP contribution in [0.15, 0.2) is 77.7 Å². The monoisotopic (exact) mass is 762 g/mol. The molecule has 13 heteroatoms. The topological polar surface area (TPSA) is 118 Å². The number of hydrogen-bond acceptors (Lipinski definition) is 7. The van der Waals surface area contributed by atoms with Crippen LogP contribution < -0.4 is 4.18 Å². The van der Waals surface area contributed by atoms with Gasteiger partial charge in [-0.1, -0.05) is 73.3 Å². The number of carbonyl (C=O) groups is 4. The van der Waals surface area contributed by atoms with Gasteiger partial charge in [0, 0.05) is 15.2 Å². The zero-order valence-corrected chi connectivity index (χ0v) is 27.8. The minimum Gasteiger partial charge on any atom is -0.379 e. The van der Waals surface area contributed by atoms with E-state index in [1.807, 2.05) is 6.92 Å². The number of ketones is 1. The molecule has 1 aliphatic heterocycles. The van der Waals surface area contributed by atoms with E-state index in [9.17, 15) is 27.6 Å². The fourth-order valence-corrected chi connectivity index (χ4v) is 9.40. The number of hydrazine groups is 1. The van der Waals surface area contributed by atoms with E-state index in [1.54, 1.807) is 24.3 Å². The van der Waals surface area contributed by atoms with Gasteiger partial charge in [0.2, 0.25) is 0 Å². The quantitative estimate of drug-likeness (QED) is 0.130. The van der Waals surface area contributed by atoms with Crippen molar-refractivity contribution in [1.29, 1.82) is 0 Å². The molecule has 6 rings (SSSR count). The first-order valence-corrected chi connectivity index (χ1v) is 17.4. The molecule has 0 aromatic heterocycles. The molecule has 6 atom stereocenters. The lowest BCUT2D eigenvalue weighted by atomic mass is 9.81. The maximum atomic E-state index is 13.8. The molecule has 0 unspecified atom stereocenters. The Morgan fingerprint density at radius 2 is 1.48 bits per heavy atom. The average Bonchev–Trinajstić information content (AvgIpc) is 3.61. The van der Waals surface area contributed by atoms with E-state index in [0.717, 1.165) is 15.6 Å². The number of hydrogen-bond donors (Lipinski definition) is 0. The van der Waals surface area contributed by atoms with E-state index in [2.05, 4.69) is 31.9 Å². The largest absolute Gasteiger partial charge is 0.379 e. The molecule has 0 N–H and O–H groups in total. The summed E-state index contributed by atoms with van der Waals surface area (Å²) in [5.41, 5.74) is 1.04. The summed E-state index contributed by atoms with van der Waals surface area (Å²) in [5.74, 6) is -3.80. The zero-order valence-electron chi connectivity index (χ0n) is 23.1. The van der Waals surface area contributed by atoms with Gasteiger partial charge in [-0.05, 0) is 73.7 Å². The van der Waals surface area contributed by atoms with Crippen LogP contribution in [-0.2, 0) is 19.7 Å². The van der Waals surface area contributed by atoms with Gasteiger partial charge in [-0.3, -0.25) is 19.2 Å². The summed E-state index contributed by atoms with van der Waals surface area (Å²) in [6, 6.07) is 17.7. The molecule has 228 valence electrons. The average molecular weight is 765 g/mol. The highest BCUT2D eigenvalue weighted by molar-refractivity contribution is 9.12. The third-order valence-electron chi connectivity index (χ3n) is 8.53. The van der Waals surface area contributed by atoms with Crippen molar-refractivity contribution in [3.05, 3.63) is 94.5 Å². The standard InChI is InChI=1S/C31H25Br2ClN2O7S/c1-16-6-12-19(13-7-16)44(41,42)43-18-10-8-17(9-11-18)24(37)15-35(29(38)20-4-2-3-5-23(20)34)36-30(39)25-21-14-22(26(25)31(36)40)28(33)27(21)32/h2-13,21-22,25-28H,14-15H2,1H3/t21-,22-,25-,26-,27+,28+/m1/s1. The van der Waals surface area contributed by atoms with Crippen LogP contribution in [-0.4, -0.2) is 58.1 Å². The predicted octanol–water partition coefficient (Wildman–Crippen LogP) is 5.43. The van der Waals surface area contributed by atoms with Crippen molar-refractivity contribution in [2.75, 3.05) is 6.54 Å². The third-order valence-corrected chi connectivity index (χ3v) is 13.3. The minimum atomic E-state index is -4.11. The first-order chi connectivity index (χ1) is 20.9. The summed E-state index contributed by atoms with van der Waals surface area (Å²) >= 11 is 13.6. The van der Waals surface area contributed by atoms with Crippen molar-refractivity contribution in [3.63, 3.8) is 0 Å². The normalized spacial score (nSPS) is 25.7. The van der Waals surface area contributed by atoms with Gasteiger partial charge in [-0.15, -0.1) is 0 Å². The van der Waals surface area contributed by atoms with Gasteiger partial charge in [0.05, 0.1) is 22.4 Å². The van der Waals surface area contributed by atoms with Gasteiger partial charge >= 0.3 is 10.1 Å². The molecule has 3 fully saturated rings. The molecule has 1 heterocycles. The lowest BCUT2D eigenvalue weighted by molar-refractivity contribution is -0.154. The highest BCUT2D eigenvalue weighted by atomic mass is 79.9. The number of aryl methyl sites for hydroxylation is 1. The maximum Gasteiger partial charge on any atom is 0.339 e. The van der Waals surface area contributed by atoms with Gasteiger partial charge in [0.25, 0.3) is 17.7 Å². The lowest BCUT2D eigenvalue weighted by Crippen LogP contribution is -2.52. The fourth-order valence-electron chi connectivity index (χ4n) is 6.38. The summed E-state index contributed by atoms with van der Waals surface area (Å²) in [6.07, 6.45) is 0.706. The van der Waals surface area contributed by atoms with Crippen LogP contribution in [0.3, 0.4) is 0 Å². The first-order valence-electron chi connectivity index (χ1n) is 13.8. The Balaban J connectivity index is 1.26. The number of halogens is 3. The van der Waals surface area contributed by atoms with Crippen molar-refractivity contribution in [1.82, 2.24) is 10.0 Å². The summed E-state index contributed by atoms with van der Waals surface area (Å²) in [6.45, 7) is 1.20. The highest BCUT2D eigenvalue weighted by Crippen LogP contribution is 2.60. The number of nitrogens with zero attached hydrogens (tertiary/aromatic N) is 2. The van der Waals surface area contributed by atoms with Gasteiger partial charge in [0.15, 0.2) is 5.78 Å². The zero-order chi connectivity index (χ0) is 31.5. The second-order valence-corrected chi connectivity index (χ2v) is 15.2. The SMILES string of the molecule is Cc1ccc(S(=O)(=O)Oc2ccc(C(=O)CN(C(=O)c3ccccc3Cl)N3C(=O)[C@@H]4[C@H]5C[C@@H]([C@H](Br)[C@H]5Br)[C@H]4C3=O)cc2)cc1. The Bertz CT molecular complexity index is 1750. The van der Waals surface area contributed by atoms with Crippen LogP contribution in [0.5, 0.6) is 5.75 Å². The Morgan fingerprint density at radius 3 is 2.05 bits per heavy atom. The molecule has 3 amide bonds. The van der Waals surface area contributed by atoms with E-state index in [4.69, 9.17) is 15.8 Å². The fraction of sp³-hybridized carbons (Fsp3) is 0.290. The van der Waals surface area contributed by atoms with Crippen molar-refractivity contribution in [3.8, 4) is 5.75 Å². The number of benzene rings is 3. The van der Waals surface area contributed by atoms with Crippen molar-refractivity contribution in [2.24, 2.45) is 23.7 Å². The molecule has 44 heavy (non-hydrogen) atoms. The van der Waals surface area contributed by atoms with Crippen LogP contribution >= 0.6 is 43.5 Å². The van der Waals surface area contributed by atoms with Crippen LogP contribution in [0.2, 0.25) is 5.02 Å². The van der Waals surface area contributed by atoms with E-state index in [0.29, 0.717) is 6.42 Å². The molecule has 2 saturated carbocycles. The van der Waals surface area contributed by atoms with Gasteiger partial charge in [0.1, 0.15) is 17.2 Å². The molecule has 0 spiro atoms. The molecule has 9 nitrogen and oxygen atoms in total. The van der Waals surface area contributed by atoms with Gasteiger partial charge in [-0.25, -0.2) is 5.01 Å². The van der Waals surface area contributed by atoms with Crippen LogP contribution in [0, 0.1) is 30.6 Å². The number of amides is 3. The minimum absolute atomic E-state index is 0.00430. The molecule has 0 radical (unpaired) electrons. The summed E-state index contributed by atoms with van der Waals surface area (Å²) < 4.78 is 30.6. The number of rotatable bonds is 8. The van der Waals surface area contributed by atoms with Gasteiger partial charge in [-0.2, -0.15) is 13.4 Å². The highest BCUT2D eigenvalue weighted by Gasteiger charge is 2.67. The van der Waals surface area contributed by atoms with Crippen LogP contribution in [0.25, 0.3) is 0 Å². The van der Waals surface area contributed by atoms with E-state index in [-0.39, 0.29) is 48.3 Å². The number of imide groups is 1. The van der Waals surface area contributed by atoms with E-state index in [1.165, 1.54) is 48.5 Å². The second-order valence-electron chi connectivity index (χ2n) is 11.1. The Morgan fingerprint density at radius 1 is 0.909 bits per heavy atom. The van der Waals surface area contributed by atoms with E-state index >= 15 is 0 Å². The van der Waals surface area contributed by atoms with Crippen molar-refractivity contribution >= 4 is 77.1 Å². The summed E-state index contributed by atoms with van der Waals surface area (Å²) in [7, 11) is -4.11. The molecule has 3 aliphatic rings. The number of fused-ring (bicyclic) bond motifs is 5. The summed E-state index contributed by atoms with van der Waals surface area (Å²) in [4.78, 5) is 54.9. The van der Waals surface area contributed by atoms with Crippen LogP contribution in [0.1, 0.15) is 32.7 Å². The molecule has 3 aromatic rings. The maximum absolute atomic E-state index is 13.8. The second kappa shape index (κ2) is 11.7. The molecule has 3 aromatic carbocycles. The molecular formula is C31H25Br2ClN2O7S. The number of carbonyl (C=O) groups excluding carboxylic acids is 4. The van der Waals surface area contributed by atoms with Crippen molar-refractivity contribution in [2.45, 2.75) is 27.9 Å². The molecule has 2 aliphatic carbocycles. The van der Waals surface area contributed by atoms with Crippen molar-refractivity contribution < 1.29 is 31.8 Å². The Kier molecular flexibility index (Phi) is 8.23. The third kappa shape index (κ3) is 5.29. The Labute approximate surface area is 275 Å². The number of Topliss-reactive ketones (excluding diaryl/α,β-unsaturated/α-hetero) is 1. The first kappa shape index (κ1) is 30.9. The molecule has 2 bridgehead atoms. The molecular weight excluding hydrogens is 740 g/mol. The predicted molar refractivity (Wildman–Crippen MR) is 168 cm³/mol. The number of alkyl halides is 2. The lowest BCUT2D eigenvalue weighted by Gasteiger charge is -2.31.